The van der Waals surface area contributed by atoms with Crippen molar-refractivity contribution in [1.29, 1.82) is 0 Å². The van der Waals surface area contributed by atoms with Crippen LogP contribution in [-0.2, 0) is 22.4 Å². The molecule has 1 aromatic carbocycles. The predicted molar refractivity (Wildman–Crippen MR) is 73.5 cm³/mol. The summed E-state index contributed by atoms with van der Waals surface area (Å²) in [4.78, 5) is 12.8. The minimum Gasteiger partial charge on any atom is -0.465 e. The zero-order valence-corrected chi connectivity index (χ0v) is 10.8. The number of nitrogen functional groups attached to an aromatic ring is 1. The van der Waals surface area contributed by atoms with Crippen LogP contribution >= 0.6 is 11.3 Å². The van der Waals surface area contributed by atoms with Crippen LogP contribution in [0.25, 0.3) is 0 Å². The fourth-order valence-electron chi connectivity index (χ4n) is 1.57. The molecule has 1 aromatic heterocycles. The summed E-state index contributed by atoms with van der Waals surface area (Å²) in [7, 11) is 0. The Bertz CT molecular complexity index is 491. The first kappa shape index (κ1) is 12.6. The van der Waals surface area contributed by atoms with Crippen LogP contribution in [0, 0.1) is 0 Å². The number of rotatable bonds is 5. The molecule has 1 heterocycles. The molecule has 3 nitrogen and oxygen atoms in total. The summed E-state index contributed by atoms with van der Waals surface area (Å²) in [5, 5.41) is 2.02. The third-order valence-corrected chi connectivity index (χ3v) is 3.46. The molecule has 94 valence electrons. The summed E-state index contributed by atoms with van der Waals surface area (Å²) in [6, 6.07) is 11.3. The molecule has 0 atom stereocenters. The average Bonchev–Trinajstić information content (AvgIpc) is 2.85. The molecule has 0 radical (unpaired) electrons. The number of thiophene rings is 1. The average molecular weight is 261 g/mol. The van der Waals surface area contributed by atoms with E-state index in [1.807, 2.05) is 29.6 Å². The molecule has 0 aliphatic carbocycles. The van der Waals surface area contributed by atoms with E-state index < -0.39 is 0 Å². The van der Waals surface area contributed by atoms with Gasteiger partial charge in [0, 0.05) is 17.0 Å². The van der Waals surface area contributed by atoms with Gasteiger partial charge in [0.1, 0.15) is 0 Å². The van der Waals surface area contributed by atoms with Crippen LogP contribution in [0.2, 0.25) is 0 Å². The van der Waals surface area contributed by atoms with Gasteiger partial charge >= 0.3 is 5.97 Å². The van der Waals surface area contributed by atoms with E-state index in [1.165, 1.54) is 4.88 Å². The largest absolute Gasteiger partial charge is 0.465 e. The number of carbonyl (C=O) groups is 1. The molecule has 4 heteroatoms. The highest BCUT2D eigenvalue weighted by Crippen LogP contribution is 2.10. The van der Waals surface area contributed by atoms with Crippen LogP contribution in [0.15, 0.2) is 41.8 Å². The van der Waals surface area contributed by atoms with Crippen LogP contribution in [0.3, 0.4) is 0 Å². The summed E-state index contributed by atoms with van der Waals surface area (Å²) in [6.07, 6.45) is 1.08. The number of hydrogen-bond acceptors (Lipinski definition) is 4. The van der Waals surface area contributed by atoms with Crippen molar-refractivity contribution in [2.24, 2.45) is 0 Å². The quantitative estimate of drug-likeness (QED) is 0.665. The highest BCUT2D eigenvalue weighted by atomic mass is 32.1. The van der Waals surface area contributed by atoms with Gasteiger partial charge in [-0.15, -0.1) is 11.3 Å². The molecule has 0 unspecified atom stereocenters. The minimum atomic E-state index is -0.198. The van der Waals surface area contributed by atoms with Gasteiger partial charge in [0.05, 0.1) is 13.0 Å². The lowest BCUT2D eigenvalue weighted by molar-refractivity contribution is -0.142. The van der Waals surface area contributed by atoms with Crippen LogP contribution in [0.5, 0.6) is 0 Å². The first-order chi connectivity index (χ1) is 8.74. The number of carbonyl (C=O) groups excluding carboxylic acids is 1. The molecule has 0 aliphatic heterocycles. The molecular formula is C14H15NO2S. The van der Waals surface area contributed by atoms with Crippen molar-refractivity contribution in [2.75, 3.05) is 12.3 Å². The topological polar surface area (TPSA) is 52.3 Å². The third-order valence-electron chi connectivity index (χ3n) is 2.52. The Hall–Kier alpha value is -1.81. The van der Waals surface area contributed by atoms with Crippen LogP contribution < -0.4 is 5.73 Å². The SMILES string of the molecule is Nc1ccc(CC(=O)OCCc2cccs2)cc1. The summed E-state index contributed by atoms with van der Waals surface area (Å²) < 4.78 is 5.19. The maximum atomic E-state index is 11.6. The number of hydrogen-bond donors (Lipinski definition) is 1. The van der Waals surface area contributed by atoms with Crippen molar-refractivity contribution < 1.29 is 9.53 Å². The van der Waals surface area contributed by atoms with Gasteiger partial charge in [-0.2, -0.15) is 0 Å². The molecule has 18 heavy (non-hydrogen) atoms. The van der Waals surface area contributed by atoms with Gasteiger partial charge in [-0.1, -0.05) is 18.2 Å². The number of anilines is 1. The maximum Gasteiger partial charge on any atom is 0.310 e. The fourth-order valence-corrected chi connectivity index (χ4v) is 2.26. The minimum absolute atomic E-state index is 0.198. The normalized spacial score (nSPS) is 10.2. The van der Waals surface area contributed by atoms with Gasteiger partial charge < -0.3 is 10.5 Å². The molecule has 2 aromatic rings. The Morgan fingerprint density at radius 3 is 2.67 bits per heavy atom. The smallest absolute Gasteiger partial charge is 0.310 e. The lowest BCUT2D eigenvalue weighted by Crippen LogP contribution is -2.10. The zero-order chi connectivity index (χ0) is 12.8. The second-order valence-electron chi connectivity index (χ2n) is 3.97. The highest BCUT2D eigenvalue weighted by molar-refractivity contribution is 7.09. The molecule has 0 bridgehead atoms. The van der Waals surface area contributed by atoms with Crippen LogP contribution in [-0.4, -0.2) is 12.6 Å². The summed E-state index contributed by atoms with van der Waals surface area (Å²) in [5.74, 6) is -0.198. The Kier molecular flexibility index (Phi) is 4.36. The molecule has 0 saturated heterocycles. The summed E-state index contributed by atoms with van der Waals surface area (Å²) in [5.41, 5.74) is 7.20. The molecule has 0 aliphatic rings. The van der Waals surface area contributed by atoms with E-state index in [9.17, 15) is 4.79 Å². The number of benzene rings is 1. The van der Waals surface area contributed by atoms with Gasteiger partial charge in [0.2, 0.25) is 0 Å². The maximum absolute atomic E-state index is 11.6. The van der Waals surface area contributed by atoms with E-state index >= 15 is 0 Å². The van der Waals surface area contributed by atoms with Gasteiger partial charge in [0.25, 0.3) is 0 Å². The van der Waals surface area contributed by atoms with E-state index in [1.54, 1.807) is 23.5 Å². The first-order valence-corrected chi connectivity index (χ1v) is 6.64. The zero-order valence-electron chi connectivity index (χ0n) is 9.96. The van der Waals surface area contributed by atoms with Crippen molar-refractivity contribution >= 4 is 23.0 Å². The van der Waals surface area contributed by atoms with Crippen molar-refractivity contribution in [1.82, 2.24) is 0 Å². The monoisotopic (exact) mass is 261 g/mol. The molecule has 0 spiro atoms. The van der Waals surface area contributed by atoms with Crippen molar-refractivity contribution in [3.63, 3.8) is 0 Å². The number of ether oxygens (including phenoxy) is 1. The fraction of sp³-hybridized carbons (Fsp3) is 0.214. The van der Waals surface area contributed by atoms with Gasteiger partial charge in [-0.3, -0.25) is 4.79 Å². The van der Waals surface area contributed by atoms with Crippen molar-refractivity contribution in [3.05, 3.63) is 52.2 Å². The molecule has 0 saturated carbocycles. The van der Waals surface area contributed by atoms with E-state index in [4.69, 9.17) is 10.5 Å². The number of nitrogens with two attached hydrogens (primary N) is 1. The Morgan fingerprint density at radius 1 is 1.22 bits per heavy atom. The van der Waals surface area contributed by atoms with E-state index in [0.717, 1.165) is 12.0 Å². The third kappa shape index (κ3) is 3.89. The summed E-state index contributed by atoms with van der Waals surface area (Å²) >= 11 is 1.67. The molecule has 0 fully saturated rings. The highest BCUT2D eigenvalue weighted by Gasteiger charge is 2.05. The van der Waals surface area contributed by atoms with Gasteiger partial charge in [-0.25, -0.2) is 0 Å². The van der Waals surface area contributed by atoms with Crippen molar-refractivity contribution in [3.8, 4) is 0 Å². The standard InChI is InChI=1S/C14H15NO2S/c15-12-5-3-11(4-6-12)10-14(16)17-8-7-13-2-1-9-18-13/h1-6,9H,7-8,10,15H2. The van der Waals surface area contributed by atoms with Gasteiger partial charge in [0.15, 0.2) is 0 Å². The Morgan fingerprint density at radius 2 is 2.00 bits per heavy atom. The predicted octanol–water partition coefficient (Wildman–Crippen LogP) is 2.66. The summed E-state index contributed by atoms with van der Waals surface area (Å²) in [6.45, 7) is 0.439. The van der Waals surface area contributed by atoms with E-state index in [0.29, 0.717) is 18.7 Å². The van der Waals surface area contributed by atoms with Crippen LogP contribution in [0.1, 0.15) is 10.4 Å². The Labute approximate surface area is 110 Å². The molecule has 2 rings (SSSR count). The second kappa shape index (κ2) is 6.21. The number of esters is 1. The van der Waals surface area contributed by atoms with Gasteiger partial charge in [-0.05, 0) is 29.1 Å². The van der Waals surface area contributed by atoms with Crippen LogP contribution in [0.4, 0.5) is 5.69 Å². The molecular weight excluding hydrogens is 246 g/mol. The first-order valence-electron chi connectivity index (χ1n) is 5.76. The van der Waals surface area contributed by atoms with E-state index in [2.05, 4.69) is 0 Å². The lowest BCUT2D eigenvalue weighted by atomic mass is 10.1. The van der Waals surface area contributed by atoms with Crippen molar-refractivity contribution in [2.45, 2.75) is 12.8 Å². The molecule has 2 N–H and O–H groups in total. The van der Waals surface area contributed by atoms with E-state index in [-0.39, 0.29) is 5.97 Å². The molecule has 0 amide bonds. The second-order valence-corrected chi connectivity index (χ2v) is 5.00. The Balaban J connectivity index is 1.73. The lowest BCUT2D eigenvalue weighted by Gasteiger charge is -2.04.